The number of nitrogens with zero attached hydrogens (tertiary/aromatic N) is 2. The number of aliphatic imine (C=N–C) groups is 1. The van der Waals surface area contributed by atoms with Crippen molar-refractivity contribution < 1.29 is 24.5 Å². The highest BCUT2D eigenvalue weighted by Crippen LogP contribution is 2.62. The first kappa shape index (κ1) is 21.5. The van der Waals surface area contributed by atoms with Gasteiger partial charge in [-0.25, -0.2) is 4.99 Å². The normalized spacial score (nSPS) is 24.3. The van der Waals surface area contributed by atoms with Crippen LogP contribution < -0.4 is 10.5 Å². The molecule has 0 bridgehead atoms. The summed E-state index contributed by atoms with van der Waals surface area (Å²) in [5.74, 6) is 0.630. The van der Waals surface area contributed by atoms with E-state index in [0.717, 1.165) is 16.9 Å². The largest absolute Gasteiger partial charge is 0.487 e. The lowest BCUT2D eigenvalue weighted by Gasteiger charge is -2.61. The number of amidine groups is 1. The Labute approximate surface area is 184 Å². The Kier molecular flexibility index (Phi) is 4.99. The van der Waals surface area contributed by atoms with Crippen molar-refractivity contribution in [2.24, 2.45) is 16.1 Å². The Morgan fingerprint density at radius 1 is 1.19 bits per heavy atom. The molecule has 2 spiro atoms. The van der Waals surface area contributed by atoms with Crippen LogP contribution in [-0.4, -0.2) is 47.7 Å². The second-order valence-electron chi connectivity index (χ2n) is 8.58. The molecule has 0 aliphatic carbocycles. The molecule has 1 fully saturated rings. The topological polar surface area (TPSA) is 128 Å². The number of fused-ring (bicyclic) bond motifs is 3. The van der Waals surface area contributed by atoms with Crippen LogP contribution in [-0.2, 0) is 21.4 Å². The van der Waals surface area contributed by atoms with E-state index in [1.165, 1.54) is 6.20 Å². The van der Waals surface area contributed by atoms with E-state index >= 15 is 0 Å². The number of nitrogens with two attached hydrogens (primary N) is 1. The lowest BCUT2D eigenvalue weighted by molar-refractivity contribution is -0.247. The summed E-state index contributed by atoms with van der Waals surface area (Å²) in [7, 11) is 0. The molecule has 2 aromatic rings. The minimum atomic E-state index is -0.718. The van der Waals surface area contributed by atoms with Crippen LogP contribution in [0.3, 0.4) is 0 Å². The van der Waals surface area contributed by atoms with E-state index in [1.807, 2.05) is 32.0 Å². The average Bonchev–Trinajstić information content (AvgIpc) is 3.03. The molecule has 0 radical (unpaired) electrons. The van der Waals surface area contributed by atoms with Gasteiger partial charge in [0.1, 0.15) is 29.2 Å². The maximum absolute atomic E-state index is 12.7. The van der Waals surface area contributed by atoms with Gasteiger partial charge in [-0.1, -0.05) is 17.7 Å². The van der Waals surface area contributed by atoms with Crippen molar-refractivity contribution in [2.75, 3.05) is 19.8 Å². The van der Waals surface area contributed by atoms with Crippen molar-refractivity contribution in [1.29, 1.82) is 0 Å². The Balaban J connectivity index is 0.00000231. The van der Waals surface area contributed by atoms with Gasteiger partial charge in [-0.3, -0.25) is 9.78 Å². The molecule has 0 amide bonds. The van der Waals surface area contributed by atoms with E-state index in [1.54, 1.807) is 12.1 Å². The first-order chi connectivity index (χ1) is 14.3. The number of pyridine rings is 1. The van der Waals surface area contributed by atoms with Gasteiger partial charge in [0.25, 0.3) is 6.02 Å². The number of aromatic nitrogens is 1. The third-order valence-corrected chi connectivity index (χ3v) is 6.83. The number of hydrogen-bond acceptors (Lipinski definition) is 7. The van der Waals surface area contributed by atoms with Crippen molar-refractivity contribution in [3.8, 4) is 5.75 Å². The third kappa shape index (κ3) is 3.01. The molecule has 8 nitrogen and oxygen atoms in total. The molecule has 5 rings (SSSR count). The predicted octanol–water partition coefficient (Wildman–Crippen LogP) is 2.06. The van der Waals surface area contributed by atoms with E-state index in [2.05, 4.69) is 4.98 Å². The summed E-state index contributed by atoms with van der Waals surface area (Å²) in [5.41, 5.74) is 6.40. The fourth-order valence-corrected chi connectivity index (χ4v) is 4.86. The van der Waals surface area contributed by atoms with Crippen molar-refractivity contribution in [3.63, 3.8) is 0 Å². The zero-order valence-corrected chi connectivity index (χ0v) is 18.0. The van der Waals surface area contributed by atoms with E-state index in [4.69, 9.17) is 36.5 Å². The summed E-state index contributed by atoms with van der Waals surface area (Å²) >= 11 is 5.87. The van der Waals surface area contributed by atoms with Gasteiger partial charge in [-0.15, -0.1) is 0 Å². The highest BCUT2D eigenvalue weighted by Gasteiger charge is 2.71. The van der Waals surface area contributed by atoms with Crippen LogP contribution in [0, 0.1) is 5.41 Å². The van der Waals surface area contributed by atoms with Gasteiger partial charge in [0.2, 0.25) is 0 Å². The van der Waals surface area contributed by atoms with Crippen LogP contribution in [0.25, 0.3) is 0 Å². The van der Waals surface area contributed by atoms with E-state index in [9.17, 15) is 4.79 Å². The molecule has 1 aromatic heterocycles. The number of halogens is 1. The molecular weight excluding hydrogens is 422 g/mol. The highest BCUT2D eigenvalue weighted by atomic mass is 35.5. The molecule has 4 N–H and O–H groups in total. The van der Waals surface area contributed by atoms with E-state index in [0.29, 0.717) is 30.5 Å². The lowest BCUT2D eigenvalue weighted by Crippen LogP contribution is -2.71. The Bertz CT molecular complexity index is 1070. The highest BCUT2D eigenvalue weighted by molar-refractivity contribution is 6.30. The Morgan fingerprint density at radius 3 is 2.55 bits per heavy atom. The van der Waals surface area contributed by atoms with Crippen molar-refractivity contribution >= 4 is 23.4 Å². The van der Waals surface area contributed by atoms with Crippen LogP contribution in [0.5, 0.6) is 5.75 Å². The van der Waals surface area contributed by atoms with Crippen LogP contribution in [0.2, 0.25) is 5.02 Å². The Hall–Kier alpha value is -2.68. The molecule has 0 unspecified atom stereocenters. The summed E-state index contributed by atoms with van der Waals surface area (Å²) < 4.78 is 17.7. The van der Waals surface area contributed by atoms with Crippen LogP contribution in [0.1, 0.15) is 35.5 Å². The monoisotopic (exact) mass is 445 g/mol. The van der Waals surface area contributed by atoms with Gasteiger partial charge in [0.05, 0.1) is 23.7 Å². The first-order valence-electron chi connectivity index (χ1n) is 9.79. The van der Waals surface area contributed by atoms with Gasteiger partial charge >= 0.3 is 0 Å². The molecule has 1 saturated heterocycles. The van der Waals surface area contributed by atoms with Crippen LogP contribution in [0.15, 0.2) is 41.5 Å². The van der Waals surface area contributed by atoms with Gasteiger partial charge in [0, 0.05) is 18.2 Å². The second-order valence-corrected chi connectivity index (χ2v) is 9.01. The summed E-state index contributed by atoms with van der Waals surface area (Å²) in [6.45, 7) is 5.41. The maximum Gasteiger partial charge on any atom is 0.283 e. The number of carbonyl (C=O) groups excluding carboxylic acids is 1. The van der Waals surface area contributed by atoms with Crippen molar-refractivity contribution in [1.82, 2.24) is 4.98 Å². The fraction of sp³-hybridized carbons (Fsp3) is 0.409. The standard InChI is InChI=1S/C22H22ClN3O4.H2O/c1-20(2)21(10-28-11-21)22(12-29-19(24)26-22)15-7-13(3-6-18(15)30-20)8-17(27)16-5-4-14(23)9-25-16;/h3-7,9H,8,10-12H2,1-2H3,(H2,24,26);1H2/t22-;/m0./s1. The average molecular weight is 446 g/mol. The van der Waals surface area contributed by atoms with Crippen LogP contribution in [0.4, 0.5) is 0 Å². The Morgan fingerprint density at radius 2 is 1.97 bits per heavy atom. The molecule has 4 heterocycles. The summed E-state index contributed by atoms with van der Waals surface area (Å²) in [5, 5.41) is 0.492. The zero-order valence-electron chi connectivity index (χ0n) is 17.3. The molecule has 9 heteroatoms. The quantitative estimate of drug-likeness (QED) is 0.720. The molecule has 1 atom stereocenters. The maximum atomic E-state index is 12.7. The molecule has 1 aromatic carbocycles. The minimum absolute atomic E-state index is 0. The van der Waals surface area contributed by atoms with Gasteiger partial charge < -0.3 is 25.4 Å². The second kappa shape index (κ2) is 7.19. The summed E-state index contributed by atoms with van der Waals surface area (Å²) in [6.07, 6.45) is 1.67. The molecule has 164 valence electrons. The molecule has 3 aliphatic heterocycles. The molecular formula is C22H24ClN3O5. The van der Waals surface area contributed by atoms with Crippen LogP contribution >= 0.6 is 11.6 Å². The molecule has 3 aliphatic rings. The van der Waals surface area contributed by atoms with Gasteiger partial charge in [0.15, 0.2) is 5.78 Å². The zero-order chi connectivity index (χ0) is 21.1. The van der Waals surface area contributed by atoms with E-state index in [-0.39, 0.29) is 23.7 Å². The van der Waals surface area contributed by atoms with Crippen molar-refractivity contribution in [2.45, 2.75) is 31.4 Å². The summed E-state index contributed by atoms with van der Waals surface area (Å²) in [6, 6.07) is 9.22. The molecule has 31 heavy (non-hydrogen) atoms. The molecule has 0 saturated carbocycles. The number of ether oxygens (including phenoxy) is 3. The number of ketones is 1. The number of carbonyl (C=O) groups is 1. The lowest BCUT2D eigenvalue weighted by atomic mass is 9.55. The fourth-order valence-electron chi connectivity index (χ4n) is 4.75. The summed E-state index contributed by atoms with van der Waals surface area (Å²) in [4.78, 5) is 21.6. The number of hydrogen-bond donors (Lipinski definition) is 1. The van der Waals surface area contributed by atoms with Gasteiger partial charge in [-0.2, -0.15) is 0 Å². The van der Waals surface area contributed by atoms with Gasteiger partial charge in [-0.05, 0) is 43.7 Å². The number of rotatable bonds is 3. The first-order valence-corrected chi connectivity index (χ1v) is 10.2. The van der Waals surface area contributed by atoms with E-state index < -0.39 is 16.6 Å². The SMILES string of the molecule is CC1(C)Oc2ccc(CC(=O)c3ccc(Cl)cn3)cc2[C@@]2(COC(N)=N2)C12COC2.O. The third-order valence-electron chi connectivity index (χ3n) is 6.60. The number of benzene rings is 1. The number of Topliss-reactive ketones (excluding diaryl/α,β-unsaturated/α-hetero) is 1. The van der Waals surface area contributed by atoms with Crippen molar-refractivity contribution in [3.05, 3.63) is 58.4 Å². The smallest absolute Gasteiger partial charge is 0.283 e. The predicted molar refractivity (Wildman–Crippen MR) is 115 cm³/mol. The minimum Gasteiger partial charge on any atom is -0.487 e.